The lowest BCUT2D eigenvalue weighted by atomic mass is 9.96. The third-order valence-corrected chi connectivity index (χ3v) is 3.97. The second kappa shape index (κ2) is 6.33. The number of nitrogens with zero attached hydrogens (tertiary/aromatic N) is 1. The van der Waals surface area contributed by atoms with E-state index in [9.17, 15) is 9.59 Å². The molecular formula is C16H24N2O3. The Hall–Kier alpha value is -1.78. The first-order valence-electron chi connectivity index (χ1n) is 7.61. The van der Waals surface area contributed by atoms with Crippen molar-refractivity contribution in [1.29, 1.82) is 0 Å². The highest BCUT2D eigenvalue weighted by molar-refractivity contribution is 5.97. The summed E-state index contributed by atoms with van der Waals surface area (Å²) in [5.41, 5.74) is 0. The minimum Gasteiger partial charge on any atom is -0.467 e. The Balaban J connectivity index is 2.28. The van der Waals surface area contributed by atoms with Gasteiger partial charge in [0.05, 0.1) is 12.3 Å². The van der Waals surface area contributed by atoms with Gasteiger partial charge in [-0.05, 0) is 37.8 Å². The Morgan fingerprint density at radius 2 is 2.05 bits per heavy atom. The fourth-order valence-corrected chi connectivity index (χ4v) is 2.93. The van der Waals surface area contributed by atoms with E-state index in [2.05, 4.69) is 5.32 Å². The maximum Gasteiger partial charge on any atom is 0.246 e. The van der Waals surface area contributed by atoms with Crippen molar-refractivity contribution in [3.8, 4) is 0 Å². The average molecular weight is 292 g/mol. The maximum atomic E-state index is 12.8. The van der Waals surface area contributed by atoms with Gasteiger partial charge in [-0.1, -0.05) is 20.8 Å². The number of furan rings is 1. The van der Waals surface area contributed by atoms with E-state index in [-0.39, 0.29) is 17.9 Å². The summed E-state index contributed by atoms with van der Waals surface area (Å²) in [6.45, 7) is 7.92. The zero-order valence-corrected chi connectivity index (χ0v) is 13.1. The van der Waals surface area contributed by atoms with Crippen LogP contribution < -0.4 is 5.32 Å². The van der Waals surface area contributed by atoms with Crippen molar-refractivity contribution in [2.45, 2.75) is 58.7 Å². The van der Waals surface area contributed by atoms with Gasteiger partial charge in [-0.2, -0.15) is 0 Å². The number of carbonyl (C=O) groups is 2. The quantitative estimate of drug-likeness (QED) is 0.907. The highest BCUT2D eigenvalue weighted by Crippen LogP contribution is 2.28. The molecule has 1 aliphatic heterocycles. The van der Waals surface area contributed by atoms with Crippen LogP contribution in [0.3, 0.4) is 0 Å². The van der Waals surface area contributed by atoms with E-state index in [1.807, 2.05) is 33.8 Å². The van der Waals surface area contributed by atoms with E-state index in [0.717, 1.165) is 0 Å². The normalized spacial score (nSPS) is 24.3. The Morgan fingerprint density at radius 1 is 1.33 bits per heavy atom. The molecular weight excluding hydrogens is 268 g/mol. The van der Waals surface area contributed by atoms with E-state index in [1.54, 1.807) is 17.2 Å². The van der Waals surface area contributed by atoms with Gasteiger partial charge in [-0.15, -0.1) is 0 Å². The van der Waals surface area contributed by atoms with Gasteiger partial charge in [-0.25, -0.2) is 0 Å². The first kappa shape index (κ1) is 15.6. The van der Waals surface area contributed by atoms with Crippen molar-refractivity contribution in [3.63, 3.8) is 0 Å². The third-order valence-electron chi connectivity index (χ3n) is 3.97. The standard InChI is InChI=1S/C16H24N2O3/c1-5-13-15(19)17-12(9-10(2)3)16(20)18(13)11(4)14-7-6-8-21-14/h6-8,10-13H,5,9H2,1-4H3,(H,17,19). The summed E-state index contributed by atoms with van der Waals surface area (Å²) < 4.78 is 5.42. The second-order valence-corrected chi connectivity index (χ2v) is 6.05. The number of hydrogen-bond donors (Lipinski definition) is 1. The van der Waals surface area contributed by atoms with Crippen molar-refractivity contribution in [1.82, 2.24) is 10.2 Å². The summed E-state index contributed by atoms with van der Waals surface area (Å²) in [6.07, 6.45) is 2.84. The molecule has 3 atom stereocenters. The zero-order chi connectivity index (χ0) is 15.6. The summed E-state index contributed by atoms with van der Waals surface area (Å²) in [4.78, 5) is 26.8. The molecule has 1 aliphatic rings. The highest BCUT2D eigenvalue weighted by atomic mass is 16.3. The first-order valence-corrected chi connectivity index (χ1v) is 7.61. The third kappa shape index (κ3) is 3.12. The van der Waals surface area contributed by atoms with Crippen LogP contribution in [0.2, 0.25) is 0 Å². The molecule has 1 aromatic heterocycles. The fourth-order valence-electron chi connectivity index (χ4n) is 2.93. The molecule has 0 aliphatic carbocycles. The number of carbonyl (C=O) groups excluding carboxylic acids is 2. The van der Waals surface area contributed by atoms with Gasteiger partial charge in [-0.3, -0.25) is 9.59 Å². The molecule has 0 bridgehead atoms. The Labute approximate surface area is 125 Å². The lowest BCUT2D eigenvalue weighted by Gasteiger charge is -2.41. The van der Waals surface area contributed by atoms with Crippen LogP contribution in [0.4, 0.5) is 0 Å². The molecule has 116 valence electrons. The SMILES string of the molecule is CCC1C(=O)NC(CC(C)C)C(=O)N1C(C)c1ccco1. The molecule has 5 nitrogen and oxygen atoms in total. The number of nitrogens with one attached hydrogen (secondary N) is 1. The van der Waals surface area contributed by atoms with E-state index in [4.69, 9.17) is 4.42 Å². The van der Waals surface area contributed by atoms with E-state index in [0.29, 0.717) is 24.5 Å². The van der Waals surface area contributed by atoms with Crippen LogP contribution in [-0.4, -0.2) is 28.8 Å². The molecule has 1 saturated heterocycles. The maximum absolute atomic E-state index is 12.8. The lowest BCUT2D eigenvalue weighted by Crippen LogP contribution is -2.63. The molecule has 0 saturated carbocycles. The topological polar surface area (TPSA) is 62.6 Å². The van der Waals surface area contributed by atoms with Crippen LogP contribution in [0, 0.1) is 5.92 Å². The van der Waals surface area contributed by atoms with Gasteiger partial charge in [0.1, 0.15) is 17.8 Å². The smallest absolute Gasteiger partial charge is 0.246 e. The number of rotatable bonds is 5. The molecule has 5 heteroatoms. The summed E-state index contributed by atoms with van der Waals surface area (Å²) in [5, 5.41) is 2.87. The number of amides is 2. The van der Waals surface area contributed by atoms with Crippen molar-refractivity contribution in [2.24, 2.45) is 5.92 Å². The minimum absolute atomic E-state index is 0.0148. The molecule has 0 spiro atoms. The van der Waals surface area contributed by atoms with E-state index < -0.39 is 12.1 Å². The molecule has 1 N–H and O–H groups in total. The van der Waals surface area contributed by atoms with Crippen molar-refractivity contribution >= 4 is 11.8 Å². The average Bonchev–Trinajstić information content (AvgIpc) is 2.94. The Bertz CT molecular complexity index is 496. The molecule has 1 aromatic rings. The summed E-state index contributed by atoms with van der Waals surface area (Å²) in [7, 11) is 0. The van der Waals surface area contributed by atoms with Crippen LogP contribution in [0.5, 0.6) is 0 Å². The predicted molar refractivity (Wildman–Crippen MR) is 79.4 cm³/mol. The van der Waals surface area contributed by atoms with Crippen LogP contribution in [0.1, 0.15) is 52.3 Å². The number of hydrogen-bond acceptors (Lipinski definition) is 3. The van der Waals surface area contributed by atoms with Gasteiger partial charge >= 0.3 is 0 Å². The molecule has 0 radical (unpaired) electrons. The molecule has 21 heavy (non-hydrogen) atoms. The van der Waals surface area contributed by atoms with Crippen LogP contribution in [0.15, 0.2) is 22.8 Å². The summed E-state index contributed by atoms with van der Waals surface area (Å²) in [5.74, 6) is 0.971. The van der Waals surface area contributed by atoms with Crippen molar-refractivity contribution in [3.05, 3.63) is 24.2 Å². The zero-order valence-electron chi connectivity index (χ0n) is 13.1. The van der Waals surface area contributed by atoms with Crippen LogP contribution in [-0.2, 0) is 9.59 Å². The van der Waals surface area contributed by atoms with Gasteiger partial charge in [0, 0.05) is 0 Å². The molecule has 2 amide bonds. The largest absolute Gasteiger partial charge is 0.467 e. The Morgan fingerprint density at radius 3 is 2.57 bits per heavy atom. The van der Waals surface area contributed by atoms with Gasteiger partial charge < -0.3 is 14.6 Å². The minimum atomic E-state index is -0.433. The van der Waals surface area contributed by atoms with Crippen molar-refractivity contribution in [2.75, 3.05) is 0 Å². The highest BCUT2D eigenvalue weighted by Gasteiger charge is 2.42. The summed E-state index contributed by atoms with van der Waals surface area (Å²) >= 11 is 0. The summed E-state index contributed by atoms with van der Waals surface area (Å²) in [6, 6.07) is 2.54. The lowest BCUT2D eigenvalue weighted by molar-refractivity contribution is -0.153. The van der Waals surface area contributed by atoms with Gasteiger partial charge in [0.2, 0.25) is 11.8 Å². The van der Waals surface area contributed by atoms with Gasteiger partial charge in [0.15, 0.2) is 0 Å². The van der Waals surface area contributed by atoms with Crippen LogP contribution in [0.25, 0.3) is 0 Å². The van der Waals surface area contributed by atoms with Gasteiger partial charge in [0.25, 0.3) is 0 Å². The van der Waals surface area contributed by atoms with E-state index >= 15 is 0 Å². The molecule has 2 rings (SSSR count). The van der Waals surface area contributed by atoms with Crippen molar-refractivity contribution < 1.29 is 14.0 Å². The fraction of sp³-hybridized carbons (Fsp3) is 0.625. The molecule has 3 unspecified atom stereocenters. The monoisotopic (exact) mass is 292 g/mol. The Kier molecular flexibility index (Phi) is 4.70. The number of piperazine rings is 1. The van der Waals surface area contributed by atoms with Crippen LogP contribution >= 0.6 is 0 Å². The molecule has 1 fully saturated rings. The predicted octanol–water partition coefficient (Wildman–Crippen LogP) is 2.49. The van der Waals surface area contributed by atoms with E-state index in [1.165, 1.54) is 0 Å². The molecule has 2 heterocycles. The first-order chi connectivity index (χ1) is 9.95. The molecule has 0 aromatic carbocycles. The second-order valence-electron chi connectivity index (χ2n) is 6.05.